The second kappa shape index (κ2) is 7.05. The molecule has 0 atom stereocenters. The number of fused-ring (bicyclic) bond motifs is 3. The highest BCUT2D eigenvalue weighted by atomic mass is 16.4. The maximum Gasteiger partial charge on any atom is 0.347 e. The van der Waals surface area contributed by atoms with Crippen LogP contribution in [0.25, 0.3) is 21.7 Å². The number of hydrogen-bond acceptors (Lipinski definition) is 4. The molecule has 2 aromatic heterocycles. The lowest BCUT2D eigenvalue weighted by Crippen LogP contribution is -2.15. The van der Waals surface area contributed by atoms with Gasteiger partial charge in [-0.2, -0.15) is 0 Å². The Bertz CT molecular complexity index is 989. The minimum absolute atomic E-state index is 0.178. The SMILES string of the molecule is CCC(=O)Nc1nc(CCC(C)C)cc2c1c(=O)oc1ccccc12. The van der Waals surface area contributed by atoms with E-state index < -0.39 is 5.63 Å². The first-order chi connectivity index (χ1) is 12.0. The number of carbonyl (C=O) groups excluding carboxylic acids is 1. The zero-order valence-corrected chi connectivity index (χ0v) is 14.8. The summed E-state index contributed by atoms with van der Waals surface area (Å²) >= 11 is 0. The number of para-hydroxylation sites is 1. The van der Waals surface area contributed by atoms with E-state index in [0.29, 0.717) is 29.1 Å². The van der Waals surface area contributed by atoms with Crippen molar-refractivity contribution in [3.8, 4) is 0 Å². The number of rotatable bonds is 5. The first-order valence-corrected chi connectivity index (χ1v) is 8.65. The molecule has 0 aliphatic heterocycles. The lowest BCUT2D eigenvalue weighted by Gasteiger charge is -2.12. The Morgan fingerprint density at radius 3 is 2.72 bits per heavy atom. The van der Waals surface area contributed by atoms with Gasteiger partial charge in [-0.25, -0.2) is 9.78 Å². The van der Waals surface area contributed by atoms with Crippen LogP contribution in [0.2, 0.25) is 0 Å². The van der Waals surface area contributed by atoms with Gasteiger partial charge < -0.3 is 9.73 Å². The zero-order chi connectivity index (χ0) is 18.0. The van der Waals surface area contributed by atoms with Gasteiger partial charge in [-0.05, 0) is 30.9 Å². The average Bonchev–Trinajstić information content (AvgIpc) is 2.59. The number of aryl methyl sites for hydroxylation is 1. The van der Waals surface area contributed by atoms with Gasteiger partial charge in [0.05, 0.1) is 0 Å². The summed E-state index contributed by atoms with van der Waals surface area (Å²) in [6.07, 6.45) is 2.09. The Kier molecular flexibility index (Phi) is 4.83. The number of anilines is 1. The van der Waals surface area contributed by atoms with Gasteiger partial charge >= 0.3 is 5.63 Å². The Morgan fingerprint density at radius 1 is 1.24 bits per heavy atom. The average molecular weight is 338 g/mol. The van der Waals surface area contributed by atoms with E-state index in [2.05, 4.69) is 24.1 Å². The summed E-state index contributed by atoms with van der Waals surface area (Å²) in [7, 11) is 0. The lowest BCUT2D eigenvalue weighted by molar-refractivity contribution is -0.115. The number of pyridine rings is 1. The van der Waals surface area contributed by atoms with Gasteiger partial charge in [-0.15, -0.1) is 0 Å². The Balaban J connectivity index is 2.28. The number of nitrogens with one attached hydrogen (secondary N) is 1. The van der Waals surface area contributed by atoms with Gasteiger partial charge in [0.15, 0.2) is 0 Å². The quantitative estimate of drug-likeness (QED) is 0.557. The number of carbonyl (C=O) groups is 1. The molecule has 0 bridgehead atoms. The molecule has 0 fully saturated rings. The van der Waals surface area contributed by atoms with E-state index in [9.17, 15) is 9.59 Å². The fraction of sp³-hybridized carbons (Fsp3) is 0.350. The van der Waals surface area contributed by atoms with Crippen molar-refractivity contribution in [1.82, 2.24) is 4.98 Å². The van der Waals surface area contributed by atoms with Crippen molar-refractivity contribution in [2.24, 2.45) is 5.92 Å². The maximum atomic E-state index is 12.5. The van der Waals surface area contributed by atoms with Crippen molar-refractivity contribution in [3.05, 3.63) is 46.4 Å². The van der Waals surface area contributed by atoms with Crippen molar-refractivity contribution < 1.29 is 9.21 Å². The molecule has 2 heterocycles. The van der Waals surface area contributed by atoms with E-state index in [-0.39, 0.29) is 5.91 Å². The summed E-state index contributed by atoms with van der Waals surface area (Å²) in [6.45, 7) is 6.08. The van der Waals surface area contributed by atoms with E-state index in [1.54, 1.807) is 13.0 Å². The highest BCUT2D eigenvalue weighted by Crippen LogP contribution is 2.28. The third kappa shape index (κ3) is 3.55. The minimum Gasteiger partial charge on any atom is -0.422 e. The molecule has 5 heteroatoms. The predicted octanol–water partition coefficient (Wildman–Crippen LogP) is 4.28. The normalized spacial score (nSPS) is 11.4. The molecule has 3 rings (SSSR count). The second-order valence-corrected chi connectivity index (χ2v) is 6.60. The number of aromatic nitrogens is 1. The van der Waals surface area contributed by atoms with Gasteiger partial charge in [-0.3, -0.25) is 4.79 Å². The predicted molar refractivity (Wildman–Crippen MR) is 99.9 cm³/mol. The van der Waals surface area contributed by atoms with Crippen LogP contribution >= 0.6 is 0 Å². The molecule has 0 unspecified atom stereocenters. The molecule has 1 aromatic carbocycles. The van der Waals surface area contributed by atoms with Gasteiger partial charge in [0.2, 0.25) is 5.91 Å². The van der Waals surface area contributed by atoms with Crippen LogP contribution in [0.15, 0.2) is 39.5 Å². The van der Waals surface area contributed by atoms with Gasteiger partial charge in [-0.1, -0.05) is 39.0 Å². The van der Waals surface area contributed by atoms with Gasteiger partial charge in [0.25, 0.3) is 0 Å². The third-order valence-corrected chi connectivity index (χ3v) is 4.21. The molecule has 1 amide bonds. The summed E-state index contributed by atoms with van der Waals surface area (Å²) in [5.74, 6) is 0.661. The first kappa shape index (κ1) is 17.1. The van der Waals surface area contributed by atoms with Crippen LogP contribution in [0.5, 0.6) is 0 Å². The third-order valence-electron chi connectivity index (χ3n) is 4.21. The molecular weight excluding hydrogens is 316 g/mol. The molecule has 130 valence electrons. The highest BCUT2D eigenvalue weighted by Gasteiger charge is 2.16. The number of nitrogens with zero attached hydrogens (tertiary/aromatic N) is 1. The summed E-state index contributed by atoms with van der Waals surface area (Å²) in [4.78, 5) is 28.9. The lowest BCUT2D eigenvalue weighted by atomic mass is 10.0. The van der Waals surface area contributed by atoms with Crippen molar-refractivity contribution >= 4 is 33.5 Å². The van der Waals surface area contributed by atoms with Crippen LogP contribution in [0.3, 0.4) is 0 Å². The van der Waals surface area contributed by atoms with Crippen molar-refractivity contribution in [2.45, 2.75) is 40.0 Å². The van der Waals surface area contributed by atoms with Gasteiger partial charge in [0, 0.05) is 22.9 Å². The number of amides is 1. The van der Waals surface area contributed by atoms with Crippen molar-refractivity contribution in [2.75, 3.05) is 5.32 Å². The topological polar surface area (TPSA) is 72.2 Å². The molecular formula is C20H22N2O3. The van der Waals surface area contributed by atoms with Crippen LogP contribution in [0, 0.1) is 5.92 Å². The number of hydrogen-bond donors (Lipinski definition) is 1. The zero-order valence-electron chi connectivity index (χ0n) is 14.8. The standard InChI is InChI=1S/C20H22N2O3/c1-4-17(23)22-19-18-15(11-13(21-19)10-9-12(2)3)14-7-5-6-8-16(14)25-20(18)24/h5-8,11-12H,4,9-10H2,1-3H3,(H,21,22,23). The van der Waals surface area contributed by atoms with E-state index in [0.717, 1.165) is 29.3 Å². The summed E-state index contributed by atoms with van der Waals surface area (Å²) < 4.78 is 5.42. The molecule has 0 radical (unpaired) electrons. The fourth-order valence-corrected chi connectivity index (χ4v) is 2.82. The highest BCUT2D eigenvalue weighted by molar-refractivity contribution is 6.10. The molecule has 0 spiro atoms. The molecule has 3 aromatic rings. The minimum atomic E-state index is -0.483. The van der Waals surface area contributed by atoms with Crippen molar-refractivity contribution in [3.63, 3.8) is 0 Å². The molecule has 0 aliphatic carbocycles. The molecule has 0 saturated carbocycles. The first-order valence-electron chi connectivity index (χ1n) is 8.65. The fourth-order valence-electron chi connectivity index (χ4n) is 2.82. The summed E-state index contributed by atoms with van der Waals surface area (Å²) in [5.41, 5.74) is 0.917. The van der Waals surface area contributed by atoms with Crippen LogP contribution in [-0.2, 0) is 11.2 Å². The van der Waals surface area contributed by atoms with Crippen LogP contribution in [0.4, 0.5) is 5.82 Å². The van der Waals surface area contributed by atoms with Crippen LogP contribution in [0.1, 0.15) is 39.3 Å². The summed E-state index contributed by atoms with van der Waals surface area (Å²) in [6, 6.07) is 9.36. The molecule has 1 N–H and O–H groups in total. The second-order valence-electron chi connectivity index (χ2n) is 6.60. The molecule has 5 nitrogen and oxygen atoms in total. The number of benzene rings is 1. The van der Waals surface area contributed by atoms with E-state index in [1.807, 2.05) is 24.3 Å². The Morgan fingerprint density at radius 2 is 2.00 bits per heavy atom. The molecule has 0 aliphatic rings. The van der Waals surface area contributed by atoms with Crippen molar-refractivity contribution in [1.29, 1.82) is 0 Å². The summed E-state index contributed by atoms with van der Waals surface area (Å²) in [5, 5.41) is 4.70. The van der Waals surface area contributed by atoms with Crippen LogP contribution < -0.4 is 10.9 Å². The van der Waals surface area contributed by atoms with Crippen LogP contribution in [-0.4, -0.2) is 10.9 Å². The Labute approximate surface area is 146 Å². The van der Waals surface area contributed by atoms with Gasteiger partial charge in [0.1, 0.15) is 16.8 Å². The molecule has 0 saturated heterocycles. The smallest absolute Gasteiger partial charge is 0.347 e. The Hall–Kier alpha value is -2.69. The largest absolute Gasteiger partial charge is 0.422 e. The molecule has 25 heavy (non-hydrogen) atoms. The maximum absolute atomic E-state index is 12.5. The monoisotopic (exact) mass is 338 g/mol. The van der Waals surface area contributed by atoms with E-state index >= 15 is 0 Å². The van der Waals surface area contributed by atoms with E-state index in [1.165, 1.54) is 0 Å². The van der Waals surface area contributed by atoms with E-state index in [4.69, 9.17) is 4.42 Å².